The summed E-state index contributed by atoms with van der Waals surface area (Å²) in [5, 5.41) is 2.79. The Hall–Kier alpha value is -0.830. The molecule has 0 unspecified atom stereocenters. The Bertz CT molecular complexity index is 662. The lowest BCUT2D eigenvalue weighted by molar-refractivity contribution is -0.137. The summed E-state index contributed by atoms with van der Waals surface area (Å²) in [6.07, 6.45) is -3.07. The molecule has 1 aromatic rings. The third kappa shape index (κ3) is 4.17. The van der Waals surface area contributed by atoms with Crippen LogP contribution in [-0.2, 0) is 16.2 Å². The lowest BCUT2D eigenvalue weighted by atomic mass is 10.00. The summed E-state index contributed by atoms with van der Waals surface area (Å²) in [5.74, 6) is 0.132. The summed E-state index contributed by atoms with van der Waals surface area (Å²) < 4.78 is 65.1. The van der Waals surface area contributed by atoms with Gasteiger partial charge in [-0.2, -0.15) is 17.5 Å². The Balaban J connectivity index is 2.35. The molecule has 1 fully saturated rings. The molecular weight excluding hydrogens is 353 g/mol. The van der Waals surface area contributed by atoms with Crippen molar-refractivity contribution >= 4 is 21.6 Å². The molecule has 1 saturated heterocycles. The largest absolute Gasteiger partial charge is 0.416 e. The quantitative estimate of drug-likeness (QED) is 0.886. The standard InChI is InChI=1S/C14H18ClF3N2O2S/c1-19-8-10-3-2-6-20(9-10)23(21,22)13-7-11(14(16,17)18)4-5-12(13)15/h4-5,7,10,19H,2-3,6,8-9H2,1H3/t10-/m0/s1. The molecule has 0 aliphatic carbocycles. The molecular formula is C14H18ClF3N2O2S. The van der Waals surface area contributed by atoms with Crippen molar-refractivity contribution in [3.05, 3.63) is 28.8 Å². The van der Waals surface area contributed by atoms with Crippen LogP contribution in [0.5, 0.6) is 0 Å². The minimum atomic E-state index is -4.62. The van der Waals surface area contributed by atoms with Crippen molar-refractivity contribution < 1.29 is 21.6 Å². The highest BCUT2D eigenvalue weighted by Gasteiger charge is 2.35. The van der Waals surface area contributed by atoms with Crippen molar-refractivity contribution in [1.29, 1.82) is 0 Å². The average molecular weight is 371 g/mol. The molecule has 1 aliphatic heterocycles. The van der Waals surface area contributed by atoms with Crippen molar-refractivity contribution in [1.82, 2.24) is 9.62 Å². The van der Waals surface area contributed by atoms with Gasteiger partial charge in [0, 0.05) is 13.1 Å². The maximum Gasteiger partial charge on any atom is 0.416 e. The highest BCUT2D eigenvalue weighted by atomic mass is 35.5. The summed E-state index contributed by atoms with van der Waals surface area (Å²) in [6, 6.07) is 2.37. The number of nitrogens with one attached hydrogen (secondary N) is 1. The molecule has 23 heavy (non-hydrogen) atoms. The molecule has 0 amide bonds. The number of alkyl halides is 3. The number of hydrogen-bond donors (Lipinski definition) is 1. The van der Waals surface area contributed by atoms with Gasteiger partial charge in [0.1, 0.15) is 4.90 Å². The number of piperidine rings is 1. The molecule has 1 atom stereocenters. The van der Waals surface area contributed by atoms with Crippen LogP contribution in [0, 0.1) is 5.92 Å². The van der Waals surface area contributed by atoms with E-state index in [-0.39, 0.29) is 24.0 Å². The summed E-state index contributed by atoms with van der Waals surface area (Å²) in [4.78, 5) is -0.487. The van der Waals surface area contributed by atoms with Crippen LogP contribution in [0.2, 0.25) is 5.02 Å². The normalized spacial score (nSPS) is 20.7. The first-order chi connectivity index (χ1) is 10.7. The molecule has 0 radical (unpaired) electrons. The van der Waals surface area contributed by atoms with Crippen LogP contribution in [0.15, 0.2) is 23.1 Å². The van der Waals surface area contributed by atoms with Crippen molar-refractivity contribution in [3.63, 3.8) is 0 Å². The van der Waals surface area contributed by atoms with E-state index in [4.69, 9.17) is 11.6 Å². The smallest absolute Gasteiger partial charge is 0.319 e. The Kier molecular flexibility index (Phi) is 5.60. The van der Waals surface area contributed by atoms with Gasteiger partial charge in [-0.3, -0.25) is 0 Å². The monoisotopic (exact) mass is 370 g/mol. The van der Waals surface area contributed by atoms with Crippen LogP contribution < -0.4 is 5.32 Å². The first-order valence-electron chi connectivity index (χ1n) is 7.17. The Morgan fingerprint density at radius 1 is 1.39 bits per heavy atom. The van der Waals surface area contributed by atoms with Gasteiger partial charge in [-0.25, -0.2) is 8.42 Å². The maximum absolute atomic E-state index is 12.8. The van der Waals surface area contributed by atoms with Gasteiger partial charge in [0.2, 0.25) is 10.0 Å². The zero-order valence-corrected chi connectivity index (χ0v) is 14.1. The summed E-state index contributed by atoms with van der Waals surface area (Å²) >= 11 is 5.86. The molecule has 0 spiro atoms. The van der Waals surface area contributed by atoms with Crippen molar-refractivity contribution in [2.24, 2.45) is 5.92 Å². The van der Waals surface area contributed by atoms with E-state index < -0.39 is 26.7 Å². The number of halogens is 4. The lowest BCUT2D eigenvalue weighted by Crippen LogP contribution is -2.42. The topological polar surface area (TPSA) is 49.4 Å². The van der Waals surface area contributed by atoms with Crippen LogP contribution in [0.3, 0.4) is 0 Å². The predicted molar refractivity (Wildman–Crippen MR) is 81.9 cm³/mol. The summed E-state index contributed by atoms with van der Waals surface area (Å²) in [7, 11) is -2.28. The molecule has 0 bridgehead atoms. The molecule has 1 heterocycles. The van der Waals surface area contributed by atoms with Crippen LogP contribution in [0.1, 0.15) is 18.4 Å². The van der Waals surface area contributed by atoms with Crippen LogP contribution in [-0.4, -0.2) is 39.4 Å². The first kappa shape index (κ1) is 18.5. The second kappa shape index (κ2) is 6.96. The fraction of sp³-hybridized carbons (Fsp3) is 0.571. The van der Waals surface area contributed by atoms with Gasteiger partial charge < -0.3 is 5.32 Å². The molecule has 1 aromatic carbocycles. The van der Waals surface area contributed by atoms with Gasteiger partial charge in [-0.05, 0) is 50.6 Å². The first-order valence-corrected chi connectivity index (χ1v) is 8.99. The van der Waals surface area contributed by atoms with E-state index in [2.05, 4.69) is 5.32 Å². The minimum absolute atomic E-state index is 0.132. The van der Waals surface area contributed by atoms with E-state index in [1.165, 1.54) is 4.31 Å². The Morgan fingerprint density at radius 3 is 2.70 bits per heavy atom. The number of benzene rings is 1. The average Bonchev–Trinajstić information content (AvgIpc) is 2.47. The van der Waals surface area contributed by atoms with Gasteiger partial charge in [-0.1, -0.05) is 11.6 Å². The van der Waals surface area contributed by atoms with Crippen molar-refractivity contribution in [3.8, 4) is 0 Å². The van der Waals surface area contributed by atoms with Gasteiger partial charge >= 0.3 is 6.18 Å². The Labute approximate surface area is 138 Å². The zero-order chi connectivity index (χ0) is 17.3. The molecule has 130 valence electrons. The molecule has 4 nitrogen and oxygen atoms in total. The van der Waals surface area contributed by atoms with Gasteiger partial charge in [-0.15, -0.1) is 0 Å². The van der Waals surface area contributed by atoms with Gasteiger partial charge in [0.05, 0.1) is 10.6 Å². The number of nitrogens with zero attached hydrogens (tertiary/aromatic N) is 1. The van der Waals surface area contributed by atoms with E-state index in [1.807, 2.05) is 0 Å². The van der Waals surface area contributed by atoms with E-state index in [0.29, 0.717) is 19.0 Å². The molecule has 0 aromatic heterocycles. The van der Waals surface area contributed by atoms with E-state index in [0.717, 1.165) is 18.6 Å². The second-order valence-electron chi connectivity index (χ2n) is 5.57. The summed E-state index contributed by atoms with van der Waals surface area (Å²) in [5.41, 5.74) is -1.02. The van der Waals surface area contributed by atoms with E-state index >= 15 is 0 Å². The highest BCUT2D eigenvalue weighted by Crippen LogP contribution is 2.35. The molecule has 1 aliphatic rings. The zero-order valence-electron chi connectivity index (χ0n) is 12.5. The highest BCUT2D eigenvalue weighted by molar-refractivity contribution is 7.89. The maximum atomic E-state index is 12.8. The van der Waals surface area contributed by atoms with E-state index in [1.54, 1.807) is 7.05 Å². The molecule has 0 saturated carbocycles. The lowest BCUT2D eigenvalue weighted by Gasteiger charge is -2.32. The van der Waals surface area contributed by atoms with Crippen LogP contribution in [0.25, 0.3) is 0 Å². The van der Waals surface area contributed by atoms with Crippen molar-refractivity contribution in [2.75, 3.05) is 26.7 Å². The van der Waals surface area contributed by atoms with Gasteiger partial charge in [0.15, 0.2) is 0 Å². The van der Waals surface area contributed by atoms with Crippen LogP contribution in [0.4, 0.5) is 13.2 Å². The fourth-order valence-corrected chi connectivity index (χ4v) is 4.77. The number of rotatable bonds is 4. The molecule has 2 rings (SSSR count). The van der Waals surface area contributed by atoms with Crippen LogP contribution >= 0.6 is 11.6 Å². The molecule has 9 heteroatoms. The Morgan fingerprint density at radius 2 is 2.09 bits per heavy atom. The third-order valence-electron chi connectivity index (χ3n) is 3.85. The molecule has 1 N–H and O–H groups in total. The number of sulfonamides is 1. The number of hydrogen-bond acceptors (Lipinski definition) is 3. The third-order valence-corrected chi connectivity index (χ3v) is 6.20. The minimum Gasteiger partial charge on any atom is -0.319 e. The van der Waals surface area contributed by atoms with E-state index in [9.17, 15) is 21.6 Å². The van der Waals surface area contributed by atoms with Crippen molar-refractivity contribution in [2.45, 2.75) is 23.9 Å². The van der Waals surface area contributed by atoms with Gasteiger partial charge in [0.25, 0.3) is 0 Å². The SMILES string of the molecule is CNC[C@@H]1CCCN(S(=O)(=O)c2cc(C(F)(F)F)ccc2Cl)C1. The summed E-state index contributed by atoms with van der Waals surface area (Å²) in [6.45, 7) is 1.22. The predicted octanol–water partition coefficient (Wildman–Crippen LogP) is 2.98. The second-order valence-corrected chi connectivity index (χ2v) is 7.89. The fourth-order valence-electron chi connectivity index (χ4n) is 2.72.